The van der Waals surface area contributed by atoms with Gasteiger partial charge in [-0.25, -0.2) is 19.3 Å². The number of aryl methyl sites for hydroxylation is 1. The zero-order valence-corrected chi connectivity index (χ0v) is 10.7. The SMILES string of the molecule is Cc1nc(NCCCOCCO)cc2n[nH]c(=O)n12. The minimum Gasteiger partial charge on any atom is -0.394 e. The monoisotopic (exact) mass is 267 g/mol. The first kappa shape index (κ1) is 13.5. The Bertz CT molecular complexity index is 592. The predicted molar refractivity (Wildman–Crippen MR) is 69.4 cm³/mol. The minimum absolute atomic E-state index is 0.0404. The van der Waals surface area contributed by atoms with E-state index in [1.165, 1.54) is 4.40 Å². The molecule has 8 nitrogen and oxygen atoms in total. The van der Waals surface area contributed by atoms with Gasteiger partial charge < -0.3 is 15.2 Å². The zero-order chi connectivity index (χ0) is 13.7. The second kappa shape index (κ2) is 6.30. The van der Waals surface area contributed by atoms with Crippen LogP contribution in [0.15, 0.2) is 10.9 Å². The van der Waals surface area contributed by atoms with Crippen molar-refractivity contribution in [3.63, 3.8) is 0 Å². The number of fused-ring (bicyclic) bond motifs is 1. The summed E-state index contributed by atoms with van der Waals surface area (Å²) < 4.78 is 6.56. The lowest BCUT2D eigenvalue weighted by Gasteiger charge is -2.07. The topological polar surface area (TPSA) is 105 Å². The van der Waals surface area contributed by atoms with Crippen LogP contribution in [0.25, 0.3) is 5.65 Å². The van der Waals surface area contributed by atoms with E-state index < -0.39 is 0 Å². The molecule has 0 aromatic carbocycles. The highest BCUT2D eigenvalue weighted by molar-refractivity contribution is 5.49. The highest BCUT2D eigenvalue weighted by atomic mass is 16.5. The number of ether oxygens (including phenoxy) is 1. The minimum atomic E-state index is -0.288. The van der Waals surface area contributed by atoms with Crippen molar-refractivity contribution in [2.45, 2.75) is 13.3 Å². The van der Waals surface area contributed by atoms with E-state index in [9.17, 15) is 4.79 Å². The molecule has 2 rings (SSSR count). The van der Waals surface area contributed by atoms with Gasteiger partial charge in [-0.3, -0.25) is 0 Å². The molecule has 8 heteroatoms. The van der Waals surface area contributed by atoms with Crippen LogP contribution in [0.1, 0.15) is 12.2 Å². The maximum absolute atomic E-state index is 11.4. The number of aliphatic hydroxyl groups excluding tert-OH is 1. The van der Waals surface area contributed by atoms with Crippen molar-refractivity contribution in [3.8, 4) is 0 Å². The number of hydrogen-bond donors (Lipinski definition) is 3. The zero-order valence-electron chi connectivity index (χ0n) is 10.7. The van der Waals surface area contributed by atoms with Crippen LogP contribution in [0.4, 0.5) is 5.82 Å². The van der Waals surface area contributed by atoms with Gasteiger partial charge in [-0.15, -0.1) is 0 Å². The number of aromatic amines is 1. The highest BCUT2D eigenvalue weighted by Gasteiger charge is 2.06. The number of hydrogen-bond acceptors (Lipinski definition) is 6. The molecular formula is C11H17N5O3. The number of aliphatic hydroxyl groups is 1. The standard InChI is InChI=1S/C11H17N5O3/c1-8-13-9(12-3-2-5-19-6-4-17)7-10-14-15-11(18)16(8)10/h7,12,17H,2-6H2,1H3,(H,15,18). The fourth-order valence-corrected chi connectivity index (χ4v) is 1.75. The van der Waals surface area contributed by atoms with Crippen molar-refractivity contribution in [1.82, 2.24) is 19.6 Å². The first-order valence-corrected chi connectivity index (χ1v) is 6.09. The molecule has 0 aliphatic carbocycles. The quantitative estimate of drug-likeness (QED) is 0.586. The number of anilines is 1. The van der Waals surface area contributed by atoms with E-state index >= 15 is 0 Å². The smallest absolute Gasteiger partial charge is 0.349 e. The first-order chi connectivity index (χ1) is 9.22. The molecule has 0 unspecified atom stereocenters. The molecule has 0 spiro atoms. The Balaban J connectivity index is 1.92. The normalized spacial score (nSPS) is 11.1. The van der Waals surface area contributed by atoms with Crippen molar-refractivity contribution in [2.24, 2.45) is 0 Å². The Labute approximate surface area is 109 Å². The van der Waals surface area contributed by atoms with E-state index in [4.69, 9.17) is 9.84 Å². The maximum Gasteiger partial charge on any atom is 0.349 e. The third-order valence-electron chi connectivity index (χ3n) is 2.58. The summed E-state index contributed by atoms with van der Waals surface area (Å²) in [4.78, 5) is 15.7. The molecule has 0 radical (unpaired) electrons. The summed E-state index contributed by atoms with van der Waals surface area (Å²) in [6.07, 6.45) is 0.805. The molecule has 2 aromatic heterocycles. The molecule has 0 aliphatic rings. The second-order valence-electron chi connectivity index (χ2n) is 4.03. The van der Waals surface area contributed by atoms with Crippen LogP contribution in [0.5, 0.6) is 0 Å². The van der Waals surface area contributed by atoms with E-state index in [1.54, 1.807) is 13.0 Å². The highest BCUT2D eigenvalue weighted by Crippen LogP contribution is 2.07. The lowest BCUT2D eigenvalue weighted by molar-refractivity contribution is 0.0922. The van der Waals surface area contributed by atoms with Gasteiger partial charge in [-0.05, 0) is 13.3 Å². The Morgan fingerprint density at radius 3 is 3.16 bits per heavy atom. The van der Waals surface area contributed by atoms with Crippen molar-refractivity contribution in [3.05, 3.63) is 22.4 Å². The summed E-state index contributed by atoms with van der Waals surface area (Å²) in [6, 6.07) is 1.71. The molecule has 0 amide bonds. The molecule has 0 bridgehead atoms. The van der Waals surface area contributed by atoms with Gasteiger partial charge in [-0.2, -0.15) is 5.10 Å². The fourth-order valence-electron chi connectivity index (χ4n) is 1.75. The Kier molecular flexibility index (Phi) is 4.48. The number of H-pyrrole nitrogens is 1. The molecule has 0 saturated heterocycles. The maximum atomic E-state index is 11.4. The molecule has 0 aliphatic heterocycles. The number of nitrogens with one attached hydrogen (secondary N) is 2. The second-order valence-corrected chi connectivity index (χ2v) is 4.03. The molecule has 104 valence electrons. The van der Waals surface area contributed by atoms with Crippen molar-refractivity contribution in [2.75, 3.05) is 31.7 Å². The van der Waals surface area contributed by atoms with E-state index in [0.29, 0.717) is 37.0 Å². The van der Waals surface area contributed by atoms with E-state index in [-0.39, 0.29) is 12.3 Å². The molecule has 0 fully saturated rings. The fraction of sp³-hybridized carbons (Fsp3) is 0.545. The van der Waals surface area contributed by atoms with Crippen LogP contribution in [-0.4, -0.2) is 51.1 Å². The van der Waals surface area contributed by atoms with Crippen LogP contribution in [0.3, 0.4) is 0 Å². The first-order valence-electron chi connectivity index (χ1n) is 6.09. The Morgan fingerprint density at radius 1 is 1.53 bits per heavy atom. The van der Waals surface area contributed by atoms with Crippen LogP contribution >= 0.6 is 0 Å². The van der Waals surface area contributed by atoms with Gasteiger partial charge in [0.05, 0.1) is 13.2 Å². The van der Waals surface area contributed by atoms with Crippen molar-refractivity contribution >= 4 is 11.5 Å². The van der Waals surface area contributed by atoms with Gasteiger partial charge in [0, 0.05) is 19.2 Å². The van der Waals surface area contributed by atoms with Crippen molar-refractivity contribution < 1.29 is 9.84 Å². The van der Waals surface area contributed by atoms with Crippen LogP contribution < -0.4 is 11.0 Å². The summed E-state index contributed by atoms with van der Waals surface area (Å²) in [6.45, 7) is 3.43. The molecule has 0 saturated carbocycles. The van der Waals surface area contributed by atoms with Gasteiger partial charge >= 0.3 is 5.69 Å². The Hall–Kier alpha value is -1.93. The molecule has 0 atom stereocenters. The molecule has 19 heavy (non-hydrogen) atoms. The molecular weight excluding hydrogens is 250 g/mol. The number of rotatable bonds is 7. The van der Waals surface area contributed by atoms with E-state index in [1.807, 2.05) is 0 Å². The molecule has 2 aromatic rings. The van der Waals surface area contributed by atoms with Crippen LogP contribution in [-0.2, 0) is 4.74 Å². The van der Waals surface area contributed by atoms with Gasteiger partial charge in [0.2, 0.25) is 0 Å². The Morgan fingerprint density at radius 2 is 2.37 bits per heavy atom. The number of nitrogens with zero attached hydrogens (tertiary/aromatic N) is 3. The van der Waals surface area contributed by atoms with Crippen LogP contribution in [0, 0.1) is 6.92 Å². The average molecular weight is 267 g/mol. The summed E-state index contributed by atoms with van der Waals surface area (Å²) in [5.41, 5.74) is 0.250. The van der Waals surface area contributed by atoms with E-state index in [0.717, 1.165) is 6.42 Å². The summed E-state index contributed by atoms with van der Waals surface area (Å²) in [5, 5.41) is 18.0. The summed E-state index contributed by atoms with van der Waals surface area (Å²) in [7, 11) is 0. The van der Waals surface area contributed by atoms with Gasteiger partial charge in [0.15, 0.2) is 5.65 Å². The predicted octanol–water partition coefficient (Wildman–Crippen LogP) is -0.463. The van der Waals surface area contributed by atoms with Gasteiger partial charge in [0.1, 0.15) is 11.6 Å². The summed E-state index contributed by atoms with van der Waals surface area (Å²) in [5.74, 6) is 1.25. The summed E-state index contributed by atoms with van der Waals surface area (Å²) >= 11 is 0. The third kappa shape index (κ3) is 3.30. The largest absolute Gasteiger partial charge is 0.394 e. The third-order valence-corrected chi connectivity index (χ3v) is 2.58. The lowest BCUT2D eigenvalue weighted by atomic mass is 10.4. The van der Waals surface area contributed by atoms with E-state index in [2.05, 4.69) is 20.5 Å². The van der Waals surface area contributed by atoms with Gasteiger partial charge in [0.25, 0.3) is 0 Å². The van der Waals surface area contributed by atoms with Crippen molar-refractivity contribution in [1.29, 1.82) is 0 Å². The van der Waals surface area contributed by atoms with Gasteiger partial charge in [-0.1, -0.05) is 0 Å². The molecule has 3 N–H and O–H groups in total. The average Bonchev–Trinajstić information content (AvgIpc) is 2.76. The lowest BCUT2D eigenvalue weighted by Crippen LogP contribution is -2.14. The number of aromatic nitrogens is 4. The van der Waals surface area contributed by atoms with Crippen LogP contribution in [0.2, 0.25) is 0 Å². The molecule has 2 heterocycles.